The van der Waals surface area contributed by atoms with Crippen LogP contribution in [0.1, 0.15) is 16.2 Å². The molecule has 114 valence electrons. The van der Waals surface area contributed by atoms with Crippen LogP contribution in [-0.4, -0.2) is 28.9 Å². The fourth-order valence-corrected chi connectivity index (χ4v) is 2.92. The second-order valence-corrected chi connectivity index (χ2v) is 5.17. The van der Waals surface area contributed by atoms with Crippen molar-refractivity contribution in [3.05, 3.63) is 47.5 Å². The van der Waals surface area contributed by atoms with Gasteiger partial charge < -0.3 is 14.0 Å². The van der Waals surface area contributed by atoms with Crippen molar-refractivity contribution >= 4 is 40.3 Å². The molecule has 1 aliphatic rings. The number of hydrogen-bond donors (Lipinski definition) is 0. The van der Waals surface area contributed by atoms with Gasteiger partial charge >= 0.3 is 5.97 Å². The summed E-state index contributed by atoms with van der Waals surface area (Å²) < 4.78 is 12.1. The molecule has 4 rings (SSSR count). The third-order valence-corrected chi connectivity index (χ3v) is 3.90. The van der Waals surface area contributed by atoms with Crippen molar-refractivity contribution in [2.45, 2.75) is 6.61 Å². The predicted molar refractivity (Wildman–Crippen MR) is 83.7 cm³/mol. The molecule has 2 aromatic heterocycles. The van der Waals surface area contributed by atoms with Crippen LogP contribution in [0.4, 0.5) is 0 Å². The maximum atomic E-state index is 11.9. The van der Waals surface area contributed by atoms with Gasteiger partial charge in [-0.2, -0.15) is 0 Å². The molecular weight excluding hydrogens is 296 g/mol. The van der Waals surface area contributed by atoms with Crippen LogP contribution in [0.25, 0.3) is 28.0 Å². The number of para-hydroxylation sites is 1. The molecule has 0 amide bonds. The third-order valence-electron chi connectivity index (χ3n) is 3.90. The van der Waals surface area contributed by atoms with Gasteiger partial charge in [0.05, 0.1) is 24.3 Å². The zero-order valence-electron chi connectivity index (χ0n) is 12.3. The quantitative estimate of drug-likeness (QED) is 0.537. The number of carbonyl (C=O) groups excluding carboxylic acids is 2. The zero-order chi connectivity index (χ0) is 16.0. The first-order valence-corrected chi connectivity index (χ1v) is 7.03. The molecule has 6 heteroatoms. The molecule has 0 atom stereocenters. The number of aromatic nitrogens is 2. The summed E-state index contributed by atoms with van der Waals surface area (Å²) >= 11 is 0. The standard InChI is InChI=1S/C17H12N2O4/c1-22-17(21)13-6-12-11-4-2-3-5-15(11)19-7-10(8-20)23-9-14(18-13)16(12)19/h2-8H,9H2,1H3. The van der Waals surface area contributed by atoms with Crippen LogP contribution in [0, 0.1) is 0 Å². The summed E-state index contributed by atoms with van der Waals surface area (Å²) in [7, 11) is 1.32. The van der Waals surface area contributed by atoms with Crippen molar-refractivity contribution < 1.29 is 19.1 Å². The number of esters is 1. The molecule has 0 N–H and O–H groups in total. The van der Waals surface area contributed by atoms with Gasteiger partial charge in [0.2, 0.25) is 0 Å². The number of nitrogens with zero attached hydrogens (tertiary/aromatic N) is 2. The van der Waals surface area contributed by atoms with Crippen molar-refractivity contribution in [3.63, 3.8) is 0 Å². The number of ether oxygens (including phenoxy) is 2. The average Bonchev–Trinajstić information content (AvgIpc) is 2.78. The Labute approximate surface area is 130 Å². The number of benzene rings is 1. The molecule has 1 aliphatic heterocycles. The van der Waals surface area contributed by atoms with Crippen molar-refractivity contribution in [2.75, 3.05) is 7.11 Å². The van der Waals surface area contributed by atoms with E-state index in [-0.39, 0.29) is 18.1 Å². The maximum absolute atomic E-state index is 11.9. The van der Waals surface area contributed by atoms with Crippen LogP contribution in [-0.2, 0) is 20.9 Å². The number of carbonyl (C=O) groups is 2. The third kappa shape index (κ3) is 1.92. The van der Waals surface area contributed by atoms with Crippen LogP contribution in [0.5, 0.6) is 0 Å². The fraction of sp³-hybridized carbons (Fsp3) is 0.118. The average molecular weight is 308 g/mol. The highest BCUT2D eigenvalue weighted by Crippen LogP contribution is 2.33. The Balaban J connectivity index is 2.17. The van der Waals surface area contributed by atoms with Gasteiger partial charge in [-0.05, 0) is 12.1 Å². The lowest BCUT2D eigenvalue weighted by Crippen LogP contribution is -2.07. The summed E-state index contributed by atoms with van der Waals surface area (Å²) in [4.78, 5) is 27.4. The van der Waals surface area contributed by atoms with Gasteiger partial charge in [0.15, 0.2) is 12.0 Å². The Morgan fingerprint density at radius 2 is 2.17 bits per heavy atom. The van der Waals surface area contributed by atoms with E-state index in [1.807, 2.05) is 28.8 Å². The molecule has 0 saturated heterocycles. The van der Waals surface area contributed by atoms with Gasteiger partial charge in [0.1, 0.15) is 18.0 Å². The topological polar surface area (TPSA) is 70.4 Å². The summed E-state index contributed by atoms with van der Waals surface area (Å²) in [6.07, 6.45) is 2.31. The van der Waals surface area contributed by atoms with E-state index in [9.17, 15) is 9.59 Å². The predicted octanol–water partition coefficient (Wildman–Crippen LogP) is 2.50. The number of pyridine rings is 1. The molecule has 23 heavy (non-hydrogen) atoms. The minimum Gasteiger partial charge on any atom is -0.482 e. The molecule has 1 aromatic carbocycles. The first-order valence-electron chi connectivity index (χ1n) is 7.03. The lowest BCUT2D eigenvalue weighted by atomic mass is 10.1. The van der Waals surface area contributed by atoms with Crippen LogP contribution < -0.4 is 0 Å². The van der Waals surface area contributed by atoms with Crippen LogP contribution in [0.15, 0.2) is 36.1 Å². The molecule has 0 bridgehead atoms. The second-order valence-electron chi connectivity index (χ2n) is 5.17. The first-order chi connectivity index (χ1) is 11.2. The lowest BCUT2D eigenvalue weighted by Gasteiger charge is -2.06. The highest BCUT2D eigenvalue weighted by atomic mass is 16.5. The van der Waals surface area contributed by atoms with Crippen molar-refractivity contribution in [3.8, 4) is 0 Å². The largest absolute Gasteiger partial charge is 0.482 e. The Kier molecular flexibility index (Phi) is 2.90. The molecule has 0 spiro atoms. The first kappa shape index (κ1) is 13.5. The van der Waals surface area contributed by atoms with Crippen LogP contribution >= 0.6 is 0 Å². The SMILES string of the molecule is COC(=O)c1cc2c3ccccc3n3c2c(n1)COC(C=O)=C3. The zero-order valence-corrected chi connectivity index (χ0v) is 12.3. The van der Waals surface area contributed by atoms with Crippen LogP contribution in [0.3, 0.4) is 0 Å². The summed E-state index contributed by atoms with van der Waals surface area (Å²) in [6.45, 7) is 0.113. The van der Waals surface area contributed by atoms with E-state index in [4.69, 9.17) is 9.47 Å². The van der Waals surface area contributed by atoms with E-state index < -0.39 is 5.97 Å². The van der Waals surface area contributed by atoms with E-state index in [0.717, 1.165) is 21.8 Å². The van der Waals surface area contributed by atoms with Gasteiger partial charge in [0.25, 0.3) is 0 Å². The van der Waals surface area contributed by atoms with E-state index in [1.165, 1.54) is 7.11 Å². The van der Waals surface area contributed by atoms with Gasteiger partial charge in [-0.25, -0.2) is 9.78 Å². The van der Waals surface area contributed by atoms with Crippen molar-refractivity contribution in [1.82, 2.24) is 9.55 Å². The number of allylic oxidation sites excluding steroid dienone is 1. The number of aldehydes is 1. The lowest BCUT2D eigenvalue weighted by molar-refractivity contribution is -0.107. The fourth-order valence-electron chi connectivity index (χ4n) is 2.92. The van der Waals surface area contributed by atoms with E-state index in [2.05, 4.69) is 4.98 Å². The Hall–Kier alpha value is -3.15. The molecule has 3 heterocycles. The molecule has 0 fully saturated rings. The minimum absolute atomic E-state index is 0.113. The minimum atomic E-state index is -0.507. The summed E-state index contributed by atoms with van der Waals surface area (Å²) in [5, 5.41) is 1.85. The summed E-state index contributed by atoms with van der Waals surface area (Å²) in [6, 6.07) is 9.47. The molecule has 0 unspecified atom stereocenters. The summed E-state index contributed by atoms with van der Waals surface area (Å²) in [5.41, 5.74) is 2.55. The van der Waals surface area contributed by atoms with Crippen molar-refractivity contribution in [1.29, 1.82) is 0 Å². The van der Waals surface area contributed by atoms with E-state index in [1.54, 1.807) is 12.3 Å². The molecule has 0 aliphatic carbocycles. The number of rotatable bonds is 2. The van der Waals surface area contributed by atoms with Gasteiger partial charge in [-0.1, -0.05) is 18.2 Å². The molecule has 3 aromatic rings. The summed E-state index contributed by atoms with van der Waals surface area (Å²) in [5.74, 6) is -0.293. The molecular formula is C17H12N2O4. The monoisotopic (exact) mass is 308 g/mol. The normalized spacial score (nSPS) is 13.3. The Morgan fingerprint density at radius 1 is 1.35 bits per heavy atom. The smallest absolute Gasteiger partial charge is 0.356 e. The molecule has 0 radical (unpaired) electrons. The highest BCUT2D eigenvalue weighted by molar-refractivity contribution is 6.12. The molecule has 6 nitrogen and oxygen atoms in total. The van der Waals surface area contributed by atoms with Gasteiger partial charge in [0, 0.05) is 10.8 Å². The van der Waals surface area contributed by atoms with E-state index >= 15 is 0 Å². The van der Waals surface area contributed by atoms with Crippen LogP contribution in [0.2, 0.25) is 0 Å². The van der Waals surface area contributed by atoms with E-state index in [0.29, 0.717) is 12.0 Å². The second kappa shape index (κ2) is 4.95. The number of fused-ring (bicyclic) bond motifs is 3. The van der Waals surface area contributed by atoms with Gasteiger partial charge in [-0.3, -0.25) is 4.79 Å². The van der Waals surface area contributed by atoms with Gasteiger partial charge in [-0.15, -0.1) is 0 Å². The maximum Gasteiger partial charge on any atom is 0.356 e. The Morgan fingerprint density at radius 3 is 2.96 bits per heavy atom. The number of methoxy groups -OCH3 is 1. The number of hydrogen-bond acceptors (Lipinski definition) is 5. The Bertz CT molecular complexity index is 1000. The van der Waals surface area contributed by atoms with Crippen molar-refractivity contribution in [2.24, 2.45) is 0 Å². The highest BCUT2D eigenvalue weighted by Gasteiger charge is 2.21. The molecule has 0 saturated carbocycles.